The van der Waals surface area contributed by atoms with Gasteiger partial charge in [0, 0.05) is 20.0 Å². The Morgan fingerprint density at radius 2 is 1.50 bits per heavy atom. The molecule has 0 aliphatic carbocycles. The van der Waals surface area contributed by atoms with E-state index in [4.69, 9.17) is 5.11 Å². The first-order valence-corrected chi connectivity index (χ1v) is 7.92. The molecule has 0 spiro atoms. The van der Waals surface area contributed by atoms with E-state index in [1.165, 1.54) is 11.9 Å². The number of unbranched alkanes of at least 4 members (excludes halogenated alkanes) is 4. The highest BCUT2D eigenvalue weighted by Crippen LogP contribution is 2.09. The third-order valence-electron chi connectivity index (χ3n) is 3.71. The normalized spacial score (nSPS) is 16.9. The van der Waals surface area contributed by atoms with Crippen LogP contribution in [-0.2, 0) is 4.79 Å². The number of hydrogen-bond acceptors (Lipinski definition) is 6. The van der Waals surface area contributed by atoms with Gasteiger partial charge in [-0.3, -0.25) is 4.79 Å². The van der Waals surface area contributed by atoms with E-state index in [-0.39, 0.29) is 12.5 Å². The highest BCUT2D eigenvalue weighted by Gasteiger charge is 2.31. The molecular formula is C15H31NO6. The van der Waals surface area contributed by atoms with E-state index in [0.29, 0.717) is 6.42 Å². The summed E-state index contributed by atoms with van der Waals surface area (Å²) in [7, 11) is 1.51. The quantitative estimate of drug-likeness (QED) is 0.301. The Balaban J connectivity index is 4.11. The number of carbonyl (C=O) groups is 1. The van der Waals surface area contributed by atoms with Crippen molar-refractivity contribution < 1.29 is 30.3 Å². The van der Waals surface area contributed by atoms with Gasteiger partial charge < -0.3 is 30.4 Å². The molecule has 0 rings (SSSR count). The van der Waals surface area contributed by atoms with Crippen LogP contribution in [0.15, 0.2) is 0 Å². The molecule has 0 aromatic carbocycles. The maximum absolute atomic E-state index is 11.9. The van der Waals surface area contributed by atoms with E-state index < -0.39 is 31.0 Å². The van der Waals surface area contributed by atoms with E-state index >= 15 is 0 Å². The van der Waals surface area contributed by atoms with Crippen LogP contribution in [0.3, 0.4) is 0 Å². The molecule has 0 radical (unpaired) electrons. The van der Waals surface area contributed by atoms with Crippen LogP contribution in [0.1, 0.15) is 45.4 Å². The van der Waals surface area contributed by atoms with Crippen LogP contribution in [0.2, 0.25) is 0 Å². The summed E-state index contributed by atoms with van der Waals surface area (Å²) in [6.07, 6.45) is -0.701. The molecule has 7 heteroatoms. The lowest BCUT2D eigenvalue weighted by atomic mass is 10.0. The molecule has 0 saturated heterocycles. The average molecular weight is 321 g/mol. The van der Waals surface area contributed by atoms with Gasteiger partial charge in [0.1, 0.15) is 24.4 Å². The predicted octanol–water partition coefficient (Wildman–Crippen LogP) is -0.759. The van der Waals surface area contributed by atoms with Gasteiger partial charge >= 0.3 is 0 Å². The van der Waals surface area contributed by atoms with E-state index in [0.717, 1.165) is 32.1 Å². The lowest BCUT2D eigenvalue weighted by molar-refractivity contribution is -0.138. The predicted molar refractivity (Wildman–Crippen MR) is 82.1 cm³/mol. The molecule has 0 bridgehead atoms. The van der Waals surface area contributed by atoms with Crippen LogP contribution in [0.25, 0.3) is 0 Å². The molecule has 0 aliphatic heterocycles. The molecule has 0 aromatic rings. The van der Waals surface area contributed by atoms with Gasteiger partial charge in [0.25, 0.3) is 0 Å². The van der Waals surface area contributed by atoms with Crippen molar-refractivity contribution >= 4 is 5.91 Å². The Morgan fingerprint density at radius 1 is 0.955 bits per heavy atom. The molecule has 0 aromatic heterocycles. The van der Waals surface area contributed by atoms with Crippen LogP contribution in [0.4, 0.5) is 0 Å². The maximum Gasteiger partial charge on any atom is 0.222 e. The van der Waals surface area contributed by atoms with Crippen molar-refractivity contribution in [1.82, 2.24) is 4.90 Å². The number of aliphatic hydroxyl groups excluding tert-OH is 5. The fourth-order valence-electron chi connectivity index (χ4n) is 2.12. The SMILES string of the molecule is CCCCCCCC(=O)N(C)CC(O)C(O)C(O)C(O)CO. The highest BCUT2D eigenvalue weighted by molar-refractivity contribution is 5.75. The molecule has 7 nitrogen and oxygen atoms in total. The zero-order valence-corrected chi connectivity index (χ0v) is 13.6. The topological polar surface area (TPSA) is 121 Å². The second-order valence-corrected chi connectivity index (χ2v) is 5.74. The summed E-state index contributed by atoms with van der Waals surface area (Å²) >= 11 is 0. The summed E-state index contributed by atoms with van der Waals surface area (Å²) in [4.78, 5) is 13.2. The molecule has 4 unspecified atom stereocenters. The number of nitrogens with zero attached hydrogens (tertiary/aromatic N) is 1. The Labute approximate surface area is 132 Å². The van der Waals surface area contributed by atoms with Gasteiger partial charge in [-0.15, -0.1) is 0 Å². The molecule has 0 saturated carbocycles. The number of carbonyl (C=O) groups excluding carboxylic acids is 1. The van der Waals surface area contributed by atoms with Crippen molar-refractivity contribution in [3.8, 4) is 0 Å². The zero-order valence-electron chi connectivity index (χ0n) is 13.6. The summed E-state index contributed by atoms with van der Waals surface area (Å²) in [5.41, 5.74) is 0. The minimum Gasteiger partial charge on any atom is -0.394 e. The van der Waals surface area contributed by atoms with Crippen molar-refractivity contribution in [2.24, 2.45) is 0 Å². The van der Waals surface area contributed by atoms with Crippen LogP contribution in [-0.4, -0.2) is 81.0 Å². The summed E-state index contributed by atoms with van der Waals surface area (Å²) in [6, 6.07) is 0. The molecule has 132 valence electrons. The molecule has 0 aliphatic rings. The smallest absolute Gasteiger partial charge is 0.222 e. The Bertz CT molecular complexity index is 302. The molecule has 22 heavy (non-hydrogen) atoms. The molecule has 0 heterocycles. The lowest BCUT2D eigenvalue weighted by Gasteiger charge is -2.28. The van der Waals surface area contributed by atoms with Gasteiger partial charge in [-0.1, -0.05) is 32.6 Å². The Hall–Kier alpha value is -0.730. The van der Waals surface area contributed by atoms with Crippen LogP contribution >= 0.6 is 0 Å². The number of aliphatic hydroxyl groups is 5. The fraction of sp³-hybridized carbons (Fsp3) is 0.933. The third kappa shape index (κ3) is 8.05. The van der Waals surface area contributed by atoms with Crippen LogP contribution in [0, 0.1) is 0 Å². The van der Waals surface area contributed by atoms with Gasteiger partial charge in [-0.25, -0.2) is 0 Å². The Kier molecular flexibility index (Phi) is 11.4. The molecule has 5 N–H and O–H groups in total. The van der Waals surface area contributed by atoms with Gasteiger partial charge in [-0.2, -0.15) is 0 Å². The number of rotatable bonds is 12. The number of likely N-dealkylation sites (N-methyl/N-ethyl adjacent to an activating group) is 1. The first-order chi connectivity index (χ1) is 10.3. The largest absolute Gasteiger partial charge is 0.394 e. The number of hydrogen-bond donors (Lipinski definition) is 5. The molecule has 4 atom stereocenters. The monoisotopic (exact) mass is 321 g/mol. The first-order valence-electron chi connectivity index (χ1n) is 7.92. The number of amides is 1. The van der Waals surface area contributed by atoms with Gasteiger partial charge in [-0.05, 0) is 6.42 Å². The van der Waals surface area contributed by atoms with Gasteiger partial charge in [0.05, 0.1) is 6.61 Å². The van der Waals surface area contributed by atoms with Gasteiger partial charge in [0.2, 0.25) is 5.91 Å². The Morgan fingerprint density at radius 3 is 2.05 bits per heavy atom. The molecule has 1 amide bonds. The van der Waals surface area contributed by atoms with Crippen molar-refractivity contribution in [3.05, 3.63) is 0 Å². The van der Waals surface area contributed by atoms with Crippen molar-refractivity contribution in [2.75, 3.05) is 20.2 Å². The highest BCUT2D eigenvalue weighted by atomic mass is 16.4. The summed E-state index contributed by atoms with van der Waals surface area (Å²) in [6.45, 7) is 1.25. The standard InChI is InChI=1S/C15H31NO6/c1-3-4-5-6-7-8-13(20)16(2)9-11(18)14(21)15(22)12(19)10-17/h11-12,14-15,17-19,21-22H,3-10H2,1-2H3. The molecule has 0 fully saturated rings. The average Bonchev–Trinajstić information content (AvgIpc) is 2.51. The van der Waals surface area contributed by atoms with E-state index in [2.05, 4.69) is 6.92 Å². The van der Waals surface area contributed by atoms with Crippen molar-refractivity contribution in [2.45, 2.75) is 69.9 Å². The minimum absolute atomic E-state index is 0.139. The second kappa shape index (κ2) is 11.8. The summed E-state index contributed by atoms with van der Waals surface area (Å²) in [5, 5.41) is 46.9. The van der Waals surface area contributed by atoms with E-state index in [1.807, 2.05) is 0 Å². The van der Waals surface area contributed by atoms with Crippen molar-refractivity contribution in [1.29, 1.82) is 0 Å². The fourth-order valence-corrected chi connectivity index (χ4v) is 2.12. The first kappa shape index (κ1) is 21.3. The zero-order chi connectivity index (χ0) is 17.1. The lowest BCUT2D eigenvalue weighted by Crippen LogP contribution is -2.49. The third-order valence-corrected chi connectivity index (χ3v) is 3.71. The van der Waals surface area contributed by atoms with E-state index in [1.54, 1.807) is 0 Å². The summed E-state index contributed by atoms with van der Waals surface area (Å²) in [5.74, 6) is -0.139. The minimum atomic E-state index is -1.67. The van der Waals surface area contributed by atoms with Crippen LogP contribution < -0.4 is 0 Å². The second-order valence-electron chi connectivity index (χ2n) is 5.74. The maximum atomic E-state index is 11.9. The van der Waals surface area contributed by atoms with E-state index in [9.17, 15) is 25.2 Å². The van der Waals surface area contributed by atoms with Gasteiger partial charge in [0.15, 0.2) is 0 Å². The van der Waals surface area contributed by atoms with Crippen LogP contribution in [0.5, 0.6) is 0 Å². The van der Waals surface area contributed by atoms with Crippen molar-refractivity contribution in [3.63, 3.8) is 0 Å². The molecular weight excluding hydrogens is 290 g/mol. The summed E-state index contributed by atoms with van der Waals surface area (Å²) < 4.78 is 0.